The van der Waals surface area contributed by atoms with Crippen LogP contribution in [-0.2, 0) is 0 Å². The van der Waals surface area contributed by atoms with E-state index < -0.39 is 0 Å². The van der Waals surface area contributed by atoms with Gasteiger partial charge in [-0.3, -0.25) is 0 Å². The van der Waals surface area contributed by atoms with E-state index in [0.29, 0.717) is 13.0 Å². The molecule has 0 unspecified atom stereocenters. The van der Waals surface area contributed by atoms with E-state index in [0.717, 1.165) is 0 Å². The maximum Gasteiger partial charge on any atom is 0.176 e. The van der Waals surface area contributed by atoms with E-state index in [9.17, 15) is 0 Å². The zero-order chi connectivity index (χ0) is 5.54. The summed E-state index contributed by atoms with van der Waals surface area (Å²) in [6.07, 6.45) is 2.10. The number of nitriles is 2. The Bertz CT molecular complexity index is 91.1. The molecule has 0 atom stereocenters. The average Bonchev–Trinajstić information content (AvgIpc) is 1.69. The third-order valence-electron chi connectivity index (χ3n) is 0.441. The number of hydrogen-bond acceptors (Lipinski definition) is 3. The second-order valence-electron chi connectivity index (χ2n) is 0.947. The lowest BCUT2D eigenvalue weighted by molar-refractivity contribution is 0.871. The Hall–Kier alpha value is -1.22. The molecule has 36 valence electrons. The van der Waals surface area contributed by atoms with Gasteiger partial charge in [0.1, 0.15) is 0 Å². The summed E-state index contributed by atoms with van der Waals surface area (Å²) < 4.78 is 0. The molecule has 0 aliphatic carbocycles. The minimum absolute atomic E-state index is 0.396. The van der Waals surface area contributed by atoms with Crippen LogP contribution in [-0.4, -0.2) is 6.54 Å². The van der Waals surface area contributed by atoms with E-state index in [1.165, 1.54) is 0 Å². The molecule has 0 amide bonds. The summed E-state index contributed by atoms with van der Waals surface area (Å²) in [4.78, 5) is 0. The van der Waals surface area contributed by atoms with Crippen LogP contribution < -0.4 is 5.32 Å². The van der Waals surface area contributed by atoms with Crippen LogP contribution in [0.3, 0.4) is 0 Å². The lowest BCUT2D eigenvalue weighted by atomic mass is 10.5. The highest BCUT2D eigenvalue weighted by atomic mass is 14.8. The van der Waals surface area contributed by atoms with Crippen LogP contribution in [0.1, 0.15) is 6.42 Å². The predicted molar refractivity (Wildman–Crippen MR) is 23.8 cm³/mol. The Morgan fingerprint density at radius 2 is 2.14 bits per heavy atom. The third kappa shape index (κ3) is 4.78. The summed E-state index contributed by atoms with van der Waals surface area (Å²) in [5.41, 5.74) is 0. The fourth-order valence-electron chi connectivity index (χ4n) is 0.174. The largest absolute Gasteiger partial charge is 0.323 e. The molecule has 0 aliphatic rings. The topological polar surface area (TPSA) is 59.6 Å². The molecule has 0 aromatic rings. The molecule has 7 heavy (non-hydrogen) atoms. The molecule has 0 saturated heterocycles. The molecule has 3 heteroatoms. The minimum atomic E-state index is 0.396. The van der Waals surface area contributed by atoms with Crippen LogP contribution >= 0.6 is 0 Å². The summed E-state index contributed by atoms with van der Waals surface area (Å²) >= 11 is 0. The van der Waals surface area contributed by atoms with Crippen LogP contribution in [0.2, 0.25) is 0 Å². The SMILES string of the molecule is N#CCCNC#N. The molecular weight excluding hydrogens is 90.1 g/mol. The molecule has 0 aromatic heterocycles. The van der Waals surface area contributed by atoms with Gasteiger partial charge in [0.15, 0.2) is 6.19 Å². The van der Waals surface area contributed by atoms with Gasteiger partial charge in [0, 0.05) is 6.54 Å². The molecule has 0 heterocycles. The van der Waals surface area contributed by atoms with Crippen molar-refractivity contribution in [3.63, 3.8) is 0 Å². The molecule has 0 aromatic carbocycles. The Morgan fingerprint density at radius 3 is 2.57 bits per heavy atom. The molecule has 0 saturated carbocycles. The fourth-order valence-corrected chi connectivity index (χ4v) is 0.174. The lowest BCUT2D eigenvalue weighted by Crippen LogP contribution is -2.05. The van der Waals surface area contributed by atoms with Gasteiger partial charge in [0.2, 0.25) is 0 Å². The molecular formula is C4H5N3. The number of nitrogens with zero attached hydrogens (tertiary/aromatic N) is 2. The van der Waals surface area contributed by atoms with Crippen molar-refractivity contribution >= 4 is 0 Å². The first-order chi connectivity index (χ1) is 3.41. The maximum atomic E-state index is 7.89. The van der Waals surface area contributed by atoms with E-state index in [1.54, 1.807) is 6.19 Å². The van der Waals surface area contributed by atoms with Crippen LogP contribution in [0.5, 0.6) is 0 Å². The van der Waals surface area contributed by atoms with Crippen molar-refractivity contribution < 1.29 is 0 Å². The minimum Gasteiger partial charge on any atom is -0.323 e. The molecule has 0 fully saturated rings. The summed E-state index contributed by atoms with van der Waals surface area (Å²) in [6, 6.07) is 1.89. The zero-order valence-corrected chi connectivity index (χ0v) is 3.81. The van der Waals surface area contributed by atoms with Crippen molar-refractivity contribution in [1.29, 1.82) is 10.5 Å². The molecule has 0 bridgehead atoms. The highest BCUT2D eigenvalue weighted by molar-refractivity contribution is 4.74. The van der Waals surface area contributed by atoms with E-state index in [-0.39, 0.29) is 0 Å². The zero-order valence-electron chi connectivity index (χ0n) is 3.81. The van der Waals surface area contributed by atoms with Crippen molar-refractivity contribution in [3.8, 4) is 12.3 Å². The van der Waals surface area contributed by atoms with E-state index >= 15 is 0 Å². The summed E-state index contributed by atoms with van der Waals surface area (Å²) in [7, 11) is 0. The van der Waals surface area contributed by atoms with Crippen molar-refractivity contribution in [2.45, 2.75) is 6.42 Å². The molecule has 0 aliphatic heterocycles. The van der Waals surface area contributed by atoms with Gasteiger partial charge in [-0.05, 0) is 0 Å². The van der Waals surface area contributed by atoms with Gasteiger partial charge in [-0.1, -0.05) is 0 Å². The monoisotopic (exact) mass is 95.0 g/mol. The first kappa shape index (κ1) is 5.78. The van der Waals surface area contributed by atoms with Gasteiger partial charge >= 0.3 is 0 Å². The quantitative estimate of drug-likeness (QED) is 0.297. The number of rotatable bonds is 2. The van der Waals surface area contributed by atoms with Crippen LogP contribution in [0, 0.1) is 22.8 Å². The molecule has 0 spiro atoms. The van der Waals surface area contributed by atoms with Gasteiger partial charge in [0.25, 0.3) is 0 Å². The average molecular weight is 95.1 g/mol. The Kier molecular flexibility index (Phi) is 3.95. The Balaban J connectivity index is 2.77. The van der Waals surface area contributed by atoms with E-state index in [1.807, 2.05) is 6.07 Å². The smallest absolute Gasteiger partial charge is 0.176 e. The van der Waals surface area contributed by atoms with Gasteiger partial charge in [0.05, 0.1) is 12.5 Å². The second kappa shape index (κ2) is 4.78. The van der Waals surface area contributed by atoms with Crippen molar-refractivity contribution in [2.75, 3.05) is 6.54 Å². The summed E-state index contributed by atoms with van der Waals surface area (Å²) in [5, 5.41) is 18.0. The highest BCUT2D eigenvalue weighted by Gasteiger charge is 1.75. The van der Waals surface area contributed by atoms with E-state index in [4.69, 9.17) is 10.5 Å². The Morgan fingerprint density at radius 1 is 1.43 bits per heavy atom. The molecule has 3 nitrogen and oxygen atoms in total. The molecule has 0 rings (SSSR count). The summed E-state index contributed by atoms with van der Waals surface area (Å²) in [5.74, 6) is 0. The number of hydrogen-bond donors (Lipinski definition) is 1. The van der Waals surface area contributed by atoms with Crippen molar-refractivity contribution in [3.05, 3.63) is 0 Å². The van der Waals surface area contributed by atoms with Crippen LogP contribution in [0.15, 0.2) is 0 Å². The van der Waals surface area contributed by atoms with Gasteiger partial charge < -0.3 is 5.32 Å². The van der Waals surface area contributed by atoms with Gasteiger partial charge in [-0.25, -0.2) is 0 Å². The molecule has 0 radical (unpaired) electrons. The van der Waals surface area contributed by atoms with Crippen molar-refractivity contribution in [1.82, 2.24) is 5.32 Å². The Labute approximate surface area is 42.2 Å². The van der Waals surface area contributed by atoms with Crippen LogP contribution in [0.25, 0.3) is 0 Å². The predicted octanol–water partition coefficient (Wildman–Crippen LogP) is -0.0292. The lowest BCUT2D eigenvalue weighted by Gasteiger charge is -1.82. The van der Waals surface area contributed by atoms with Crippen molar-refractivity contribution in [2.24, 2.45) is 0 Å². The normalized spacial score (nSPS) is 6.00. The van der Waals surface area contributed by atoms with Gasteiger partial charge in [-0.15, -0.1) is 0 Å². The van der Waals surface area contributed by atoms with E-state index in [2.05, 4.69) is 5.32 Å². The standard InChI is InChI=1S/C4H5N3/c5-2-1-3-7-4-6/h7H,1,3H2. The third-order valence-corrected chi connectivity index (χ3v) is 0.441. The fraction of sp³-hybridized carbons (Fsp3) is 0.500. The van der Waals surface area contributed by atoms with Crippen LogP contribution in [0.4, 0.5) is 0 Å². The second-order valence-corrected chi connectivity index (χ2v) is 0.947. The maximum absolute atomic E-state index is 7.89. The summed E-state index contributed by atoms with van der Waals surface area (Å²) in [6.45, 7) is 0.465. The number of nitrogens with one attached hydrogen (secondary N) is 1. The first-order valence-electron chi connectivity index (χ1n) is 1.90. The van der Waals surface area contributed by atoms with Gasteiger partial charge in [-0.2, -0.15) is 10.5 Å². The highest BCUT2D eigenvalue weighted by Crippen LogP contribution is 1.65. The first-order valence-corrected chi connectivity index (χ1v) is 1.90. The molecule has 1 N–H and O–H groups in total.